The second-order valence-corrected chi connectivity index (χ2v) is 3.07. The van der Waals surface area contributed by atoms with E-state index in [9.17, 15) is 13.6 Å². The number of hydrogen-bond acceptors (Lipinski definition) is 1. The molecule has 6 heteroatoms. The molecule has 82 valence electrons. The van der Waals surface area contributed by atoms with Crippen LogP contribution in [0.2, 0.25) is 0 Å². The molecule has 0 aliphatic heterocycles. The largest absolute Gasteiger partial charge is 0.337 e. The summed E-state index contributed by atoms with van der Waals surface area (Å²) in [6.07, 6.45) is 0. The molecule has 0 unspecified atom stereocenters. The summed E-state index contributed by atoms with van der Waals surface area (Å²) in [5.74, 6) is -1.26. The van der Waals surface area contributed by atoms with Crippen molar-refractivity contribution in [2.45, 2.75) is 0 Å². The topological polar surface area (TPSA) is 41.1 Å². The maximum absolute atomic E-state index is 13.0. The molecule has 0 bridgehead atoms. The van der Waals surface area contributed by atoms with Gasteiger partial charge in [-0.25, -0.2) is 13.6 Å². The fourth-order valence-corrected chi connectivity index (χ4v) is 1.01. The summed E-state index contributed by atoms with van der Waals surface area (Å²) in [6.45, 7) is 0.274. The number of amides is 2. The quantitative estimate of drug-likeness (QED) is 0.775. The molecule has 0 fully saturated rings. The van der Waals surface area contributed by atoms with Crippen LogP contribution < -0.4 is 10.6 Å². The number of carbonyl (C=O) groups excluding carboxylic acids is 1. The molecule has 0 heterocycles. The van der Waals surface area contributed by atoms with E-state index in [2.05, 4.69) is 10.6 Å². The van der Waals surface area contributed by atoms with Crippen molar-refractivity contribution in [3.8, 4) is 0 Å². The molecule has 2 amide bonds. The highest BCUT2D eigenvalue weighted by Gasteiger charge is 2.06. The van der Waals surface area contributed by atoms with Gasteiger partial charge in [-0.2, -0.15) is 0 Å². The van der Waals surface area contributed by atoms with Crippen LogP contribution in [0.3, 0.4) is 0 Å². The van der Waals surface area contributed by atoms with E-state index in [-0.39, 0.29) is 18.1 Å². The SMILES string of the molecule is O=C(NCCCl)Nc1ccc(F)cc1F. The van der Waals surface area contributed by atoms with Crippen LogP contribution in [0.15, 0.2) is 18.2 Å². The van der Waals surface area contributed by atoms with Crippen LogP contribution >= 0.6 is 11.6 Å². The first kappa shape index (κ1) is 11.7. The lowest BCUT2D eigenvalue weighted by atomic mass is 10.3. The van der Waals surface area contributed by atoms with Crippen molar-refractivity contribution in [1.29, 1.82) is 0 Å². The monoisotopic (exact) mass is 234 g/mol. The molecule has 0 aliphatic rings. The molecule has 1 aromatic rings. The maximum atomic E-state index is 13.0. The van der Waals surface area contributed by atoms with Gasteiger partial charge in [-0.1, -0.05) is 0 Å². The van der Waals surface area contributed by atoms with Crippen LogP contribution in [0.1, 0.15) is 0 Å². The molecule has 0 saturated carbocycles. The Bertz CT molecular complexity index is 360. The molecule has 15 heavy (non-hydrogen) atoms. The van der Waals surface area contributed by atoms with E-state index >= 15 is 0 Å². The first-order valence-corrected chi connectivity index (χ1v) is 4.73. The third-order valence-electron chi connectivity index (χ3n) is 1.56. The van der Waals surface area contributed by atoms with Crippen molar-refractivity contribution in [3.63, 3.8) is 0 Å². The van der Waals surface area contributed by atoms with Crippen molar-refractivity contribution in [1.82, 2.24) is 5.32 Å². The zero-order valence-electron chi connectivity index (χ0n) is 7.69. The minimum absolute atomic E-state index is 0.0801. The number of carbonyl (C=O) groups is 1. The van der Waals surface area contributed by atoms with Gasteiger partial charge >= 0.3 is 6.03 Å². The van der Waals surface area contributed by atoms with Crippen molar-refractivity contribution in [3.05, 3.63) is 29.8 Å². The van der Waals surface area contributed by atoms with Gasteiger partial charge in [0.15, 0.2) is 0 Å². The summed E-state index contributed by atoms with van der Waals surface area (Å²) in [5.41, 5.74) is -0.0801. The number of nitrogens with one attached hydrogen (secondary N) is 2. The van der Waals surface area contributed by atoms with E-state index in [1.54, 1.807) is 0 Å². The fraction of sp³-hybridized carbons (Fsp3) is 0.222. The number of urea groups is 1. The minimum Gasteiger partial charge on any atom is -0.337 e. The van der Waals surface area contributed by atoms with Crippen LogP contribution in [-0.2, 0) is 0 Å². The summed E-state index contributed by atoms with van der Waals surface area (Å²) >= 11 is 5.33. The van der Waals surface area contributed by atoms with E-state index in [1.807, 2.05) is 0 Å². The summed E-state index contributed by atoms with van der Waals surface area (Å²) in [6, 6.07) is 2.31. The number of halogens is 3. The molecule has 0 aromatic heterocycles. The maximum Gasteiger partial charge on any atom is 0.319 e. The Labute approximate surface area is 90.4 Å². The van der Waals surface area contributed by atoms with E-state index in [0.717, 1.165) is 12.1 Å². The smallest absolute Gasteiger partial charge is 0.319 e. The molecule has 0 aliphatic carbocycles. The van der Waals surface area contributed by atoms with E-state index in [1.165, 1.54) is 0 Å². The summed E-state index contributed by atoms with van der Waals surface area (Å²) in [5, 5.41) is 4.60. The van der Waals surface area contributed by atoms with Gasteiger partial charge < -0.3 is 10.6 Å². The predicted octanol–water partition coefficient (Wildman–Crippen LogP) is 2.33. The highest BCUT2D eigenvalue weighted by Crippen LogP contribution is 2.14. The fourth-order valence-electron chi connectivity index (χ4n) is 0.918. The number of alkyl halides is 1. The van der Waals surface area contributed by atoms with E-state index < -0.39 is 17.7 Å². The van der Waals surface area contributed by atoms with Gasteiger partial charge in [0.25, 0.3) is 0 Å². The molecule has 2 N–H and O–H groups in total. The molecule has 1 aromatic carbocycles. The van der Waals surface area contributed by atoms with Crippen LogP contribution in [0.25, 0.3) is 0 Å². The van der Waals surface area contributed by atoms with Crippen molar-refractivity contribution < 1.29 is 13.6 Å². The third-order valence-corrected chi connectivity index (χ3v) is 1.75. The first-order chi connectivity index (χ1) is 7.13. The predicted molar refractivity (Wildman–Crippen MR) is 54.1 cm³/mol. The number of hydrogen-bond donors (Lipinski definition) is 2. The number of benzene rings is 1. The van der Waals surface area contributed by atoms with Gasteiger partial charge in [0.2, 0.25) is 0 Å². The summed E-state index contributed by atoms with van der Waals surface area (Å²) in [4.78, 5) is 11.1. The van der Waals surface area contributed by atoms with Crippen LogP contribution in [0, 0.1) is 11.6 Å². The van der Waals surface area contributed by atoms with Crippen LogP contribution in [0.5, 0.6) is 0 Å². The average molecular weight is 235 g/mol. The molecule has 0 saturated heterocycles. The second-order valence-electron chi connectivity index (χ2n) is 2.69. The van der Waals surface area contributed by atoms with Crippen molar-refractivity contribution >= 4 is 23.3 Å². The lowest BCUT2D eigenvalue weighted by Gasteiger charge is -2.06. The molecule has 0 radical (unpaired) electrons. The third kappa shape index (κ3) is 3.71. The Balaban J connectivity index is 2.60. The normalized spacial score (nSPS) is 9.80. The lowest BCUT2D eigenvalue weighted by molar-refractivity contribution is 0.252. The zero-order chi connectivity index (χ0) is 11.3. The van der Waals surface area contributed by atoms with Crippen LogP contribution in [-0.4, -0.2) is 18.5 Å². The summed E-state index contributed by atoms with van der Waals surface area (Å²) < 4.78 is 25.5. The molecule has 1 rings (SSSR count). The van der Waals surface area contributed by atoms with Gasteiger partial charge in [0.05, 0.1) is 5.69 Å². The van der Waals surface area contributed by atoms with Gasteiger partial charge in [-0.3, -0.25) is 0 Å². The highest BCUT2D eigenvalue weighted by molar-refractivity contribution is 6.18. The molecule has 0 spiro atoms. The molecule has 0 atom stereocenters. The Morgan fingerprint density at radius 3 is 2.73 bits per heavy atom. The summed E-state index contributed by atoms with van der Waals surface area (Å²) in [7, 11) is 0. The Morgan fingerprint density at radius 2 is 2.13 bits per heavy atom. The second kappa shape index (κ2) is 5.50. The van der Waals surface area contributed by atoms with Crippen molar-refractivity contribution in [2.24, 2.45) is 0 Å². The molecule has 3 nitrogen and oxygen atoms in total. The number of rotatable bonds is 3. The number of anilines is 1. The molecular weight excluding hydrogens is 226 g/mol. The Morgan fingerprint density at radius 1 is 1.40 bits per heavy atom. The van der Waals surface area contributed by atoms with Gasteiger partial charge in [0.1, 0.15) is 11.6 Å². The Hall–Kier alpha value is -1.36. The van der Waals surface area contributed by atoms with Crippen molar-refractivity contribution in [2.75, 3.05) is 17.7 Å². The first-order valence-electron chi connectivity index (χ1n) is 4.19. The highest BCUT2D eigenvalue weighted by atomic mass is 35.5. The Kier molecular flexibility index (Phi) is 4.30. The molecular formula is C9H9ClF2N2O. The minimum atomic E-state index is -0.823. The standard InChI is InChI=1S/C9H9ClF2N2O/c10-3-4-13-9(15)14-8-2-1-6(11)5-7(8)12/h1-2,5H,3-4H2,(H2,13,14,15). The van der Waals surface area contributed by atoms with E-state index in [0.29, 0.717) is 6.07 Å². The van der Waals surface area contributed by atoms with Gasteiger partial charge in [-0.05, 0) is 12.1 Å². The van der Waals surface area contributed by atoms with Crippen LogP contribution in [0.4, 0.5) is 19.3 Å². The van der Waals surface area contributed by atoms with Gasteiger partial charge in [0, 0.05) is 18.5 Å². The van der Waals surface area contributed by atoms with E-state index in [4.69, 9.17) is 11.6 Å². The van der Waals surface area contributed by atoms with Gasteiger partial charge in [-0.15, -0.1) is 11.6 Å². The zero-order valence-corrected chi connectivity index (χ0v) is 8.44. The lowest BCUT2D eigenvalue weighted by Crippen LogP contribution is -2.30. The average Bonchev–Trinajstić information content (AvgIpc) is 2.19.